The van der Waals surface area contributed by atoms with Gasteiger partial charge in [-0.05, 0) is 25.0 Å². The molecule has 0 aliphatic carbocycles. The molecule has 1 amide bonds. The predicted octanol–water partition coefficient (Wildman–Crippen LogP) is 2.25. The first kappa shape index (κ1) is 17.6. The van der Waals surface area contributed by atoms with Gasteiger partial charge in [-0.25, -0.2) is 8.42 Å². The molecule has 7 heteroatoms. The van der Waals surface area contributed by atoms with E-state index >= 15 is 0 Å². The lowest BCUT2D eigenvalue weighted by molar-refractivity contribution is -0.115. The molecule has 0 saturated heterocycles. The van der Waals surface area contributed by atoms with E-state index in [1.807, 2.05) is 13.8 Å². The molecule has 0 unspecified atom stereocenters. The van der Waals surface area contributed by atoms with Gasteiger partial charge in [-0.15, -0.1) is 0 Å². The summed E-state index contributed by atoms with van der Waals surface area (Å²) in [5.41, 5.74) is 0.491. The highest BCUT2D eigenvalue weighted by atomic mass is 32.2. The van der Waals surface area contributed by atoms with E-state index in [0.717, 1.165) is 6.42 Å². The molecule has 2 atom stereocenters. The summed E-state index contributed by atoms with van der Waals surface area (Å²) in [6.45, 7) is 6.15. The molecule has 0 spiro atoms. The van der Waals surface area contributed by atoms with Gasteiger partial charge in [-0.2, -0.15) is 0 Å². The van der Waals surface area contributed by atoms with Gasteiger partial charge in [-0.1, -0.05) is 20.3 Å². The molecule has 1 aliphatic heterocycles. The second kappa shape index (κ2) is 7.21. The van der Waals surface area contributed by atoms with Gasteiger partial charge < -0.3 is 14.8 Å². The number of rotatable bonds is 6. The lowest BCUT2D eigenvalue weighted by atomic mass is 10.2. The Labute approximate surface area is 137 Å². The highest BCUT2D eigenvalue weighted by Crippen LogP contribution is 2.32. The van der Waals surface area contributed by atoms with Crippen LogP contribution in [-0.4, -0.2) is 38.5 Å². The Balaban J connectivity index is 2.06. The Bertz CT molecular complexity index is 671. The average molecular weight is 341 g/mol. The fourth-order valence-corrected chi connectivity index (χ4v) is 3.89. The summed E-state index contributed by atoms with van der Waals surface area (Å²) in [6, 6.07) is 5.00. The third-order valence-corrected chi connectivity index (χ3v) is 6.26. The zero-order valence-corrected chi connectivity index (χ0v) is 14.5. The number of nitrogens with one attached hydrogen (secondary N) is 1. The first-order chi connectivity index (χ1) is 10.8. The minimum absolute atomic E-state index is 0.0131. The number of carbonyl (C=O) groups is 1. The lowest BCUT2D eigenvalue weighted by Crippen LogP contribution is -2.35. The van der Waals surface area contributed by atoms with Gasteiger partial charge >= 0.3 is 0 Å². The van der Waals surface area contributed by atoms with Crippen molar-refractivity contribution >= 4 is 21.4 Å². The molecule has 23 heavy (non-hydrogen) atoms. The van der Waals surface area contributed by atoms with Crippen molar-refractivity contribution in [2.45, 2.75) is 32.4 Å². The number of anilines is 1. The smallest absolute Gasteiger partial charge is 0.242 e. The highest BCUT2D eigenvalue weighted by molar-refractivity contribution is 7.92. The van der Waals surface area contributed by atoms with E-state index in [4.69, 9.17) is 9.47 Å². The fraction of sp³-hybridized carbons (Fsp3) is 0.562. The summed E-state index contributed by atoms with van der Waals surface area (Å²) in [6.07, 6.45) is 0.760. The molecule has 1 N–H and O–H groups in total. The van der Waals surface area contributed by atoms with Gasteiger partial charge in [0, 0.05) is 11.8 Å². The second-order valence-corrected chi connectivity index (χ2v) is 8.20. The largest absolute Gasteiger partial charge is 0.486 e. The molecule has 0 fully saturated rings. The Morgan fingerprint density at radius 1 is 1.22 bits per heavy atom. The lowest BCUT2D eigenvalue weighted by Gasteiger charge is -2.20. The van der Waals surface area contributed by atoms with Crippen LogP contribution >= 0.6 is 0 Å². The summed E-state index contributed by atoms with van der Waals surface area (Å²) >= 11 is 0. The molecule has 128 valence electrons. The van der Waals surface area contributed by atoms with Crippen molar-refractivity contribution < 1.29 is 22.7 Å². The molecule has 0 aromatic heterocycles. The molecule has 0 radical (unpaired) electrons. The molecule has 6 nitrogen and oxygen atoms in total. The van der Waals surface area contributed by atoms with Crippen LogP contribution in [0.1, 0.15) is 27.2 Å². The monoisotopic (exact) mass is 341 g/mol. The Morgan fingerprint density at radius 2 is 1.87 bits per heavy atom. The van der Waals surface area contributed by atoms with Crippen LogP contribution in [0.3, 0.4) is 0 Å². The first-order valence-electron chi connectivity index (χ1n) is 7.75. The third kappa shape index (κ3) is 4.37. The molecular formula is C16H23NO5S. The molecule has 0 bridgehead atoms. The van der Waals surface area contributed by atoms with Crippen LogP contribution in [0.5, 0.6) is 11.5 Å². The van der Waals surface area contributed by atoms with E-state index in [2.05, 4.69) is 5.32 Å². The quantitative estimate of drug-likeness (QED) is 0.858. The van der Waals surface area contributed by atoms with Crippen molar-refractivity contribution in [2.75, 3.05) is 24.3 Å². The van der Waals surface area contributed by atoms with Crippen LogP contribution in [0.2, 0.25) is 0 Å². The van der Waals surface area contributed by atoms with E-state index in [9.17, 15) is 13.2 Å². The number of fused-ring (bicyclic) bond motifs is 1. The number of carbonyl (C=O) groups excluding carboxylic acids is 1. The maximum absolute atomic E-state index is 12.3. The third-order valence-electron chi connectivity index (χ3n) is 3.93. The van der Waals surface area contributed by atoms with Crippen LogP contribution in [-0.2, 0) is 14.6 Å². The predicted molar refractivity (Wildman–Crippen MR) is 88.8 cm³/mol. The van der Waals surface area contributed by atoms with Crippen LogP contribution in [0.4, 0.5) is 5.69 Å². The van der Waals surface area contributed by atoms with Crippen molar-refractivity contribution in [1.29, 1.82) is 0 Å². The molecular weight excluding hydrogens is 318 g/mol. The summed E-state index contributed by atoms with van der Waals surface area (Å²) in [7, 11) is -3.48. The van der Waals surface area contributed by atoms with Crippen molar-refractivity contribution in [3.8, 4) is 11.5 Å². The van der Waals surface area contributed by atoms with Gasteiger partial charge in [0.1, 0.15) is 18.5 Å². The second-order valence-electron chi connectivity index (χ2n) is 5.83. The van der Waals surface area contributed by atoms with E-state index in [1.165, 1.54) is 6.92 Å². The van der Waals surface area contributed by atoms with E-state index < -0.39 is 21.0 Å². The van der Waals surface area contributed by atoms with Crippen LogP contribution < -0.4 is 14.8 Å². The highest BCUT2D eigenvalue weighted by Gasteiger charge is 2.29. The minimum atomic E-state index is -3.48. The molecule has 1 aliphatic rings. The number of hydrogen-bond acceptors (Lipinski definition) is 5. The van der Waals surface area contributed by atoms with Gasteiger partial charge in [0.2, 0.25) is 5.91 Å². The number of amides is 1. The Hall–Kier alpha value is -1.76. The van der Waals surface area contributed by atoms with Crippen molar-refractivity contribution in [3.63, 3.8) is 0 Å². The zero-order valence-electron chi connectivity index (χ0n) is 13.7. The molecule has 1 aromatic carbocycles. The minimum Gasteiger partial charge on any atom is -0.486 e. The molecule has 2 rings (SSSR count). The summed E-state index contributed by atoms with van der Waals surface area (Å²) in [5.74, 6) is 0.671. The van der Waals surface area contributed by atoms with Gasteiger partial charge in [0.05, 0.1) is 5.75 Å². The zero-order chi connectivity index (χ0) is 17.0. The maximum Gasteiger partial charge on any atom is 0.242 e. The number of hydrogen-bond donors (Lipinski definition) is 1. The van der Waals surface area contributed by atoms with Crippen LogP contribution in [0, 0.1) is 5.92 Å². The standard InChI is InChI=1S/C16H23NO5S/c1-4-11(2)10-23(19,20)12(3)16(18)17-13-5-6-14-15(9-13)22-8-7-21-14/h5-6,9,11-12H,4,7-8,10H2,1-3H3,(H,17,18)/t11-,12+/m1/s1. The molecule has 1 heterocycles. The van der Waals surface area contributed by atoms with E-state index in [1.54, 1.807) is 18.2 Å². The number of sulfone groups is 1. The van der Waals surface area contributed by atoms with Crippen LogP contribution in [0.15, 0.2) is 18.2 Å². The summed E-state index contributed by atoms with van der Waals surface area (Å²) in [4.78, 5) is 12.2. The van der Waals surface area contributed by atoms with Crippen molar-refractivity contribution in [3.05, 3.63) is 18.2 Å². The Morgan fingerprint density at radius 3 is 2.52 bits per heavy atom. The topological polar surface area (TPSA) is 81.7 Å². The van der Waals surface area contributed by atoms with E-state index in [0.29, 0.717) is 30.4 Å². The van der Waals surface area contributed by atoms with Gasteiger partial charge in [-0.3, -0.25) is 4.79 Å². The summed E-state index contributed by atoms with van der Waals surface area (Å²) in [5, 5.41) is 1.54. The maximum atomic E-state index is 12.3. The van der Waals surface area contributed by atoms with E-state index in [-0.39, 0.29) is 11.7 Å². The number of benzene rings is 1. The van der Waals surface area contributed by atoms with Crippen molar-refractivity contribution in [1.82, 2.24) is 0 Å². The molecule has 0 saturated carbocycles. The first-order valence-corrected chi connectivity index (χ1v) is 9.47. The SMILES string of the molecule is CC[C@@H](C)CS(=O)(=O)[C@@H](C)C(=O)Nc1ccc2c(c1)OCCO2. The van der Waals surface area contributed by atoms with Gasteiger partial charge in [0.15, 0.2) is 21.3 Å². The molecule has 1 aromatic rings. The normalized spacial score (nSPS) is 16.5. The number of ether oxygens (including phenoxy) is 2. The fourth-order valence-electron chi connectivity index (χ4n) is 2.19. The van der Waals surface area contributed by atoms with Crippen LogP contribution in [0.25, 0.3) is 0 Å². The Kier molecular flexibility index (Phi) is 5.51. The van der Waals surface area contributed by atoms with Crippen molar-refractivity contribution in [2.24, 2.45) is 5.92 Å². The van der Waals surface area contributed by atoms with Gasteiger partial charge in [0.25, 0.3) is 0 Å². The summed E-state index contributed by atoms with van der Waals surface area (Å²) < 4.78 is 35.4. The average Bonchev–Trinajstić information content (AvgIpc) is 2.53.